The number of carbonyl (C=O) groups excluding carboxylic acids is 1. The summed E-state index contributed by atoms with van der Waals surface area (Å²) >= 11 is 12.0. The van der Waals surface area contributed by atoms with E-state index in [1.54, 1.807) is 11.9 Å². The maximum atomic E-state index is 12.6. The molecule has 0 saturated carbocycles. The number of carbonyl (C=O) groups is 1. The van der Waals surface area contributed by atoms with Crippen LogP contribution in [-0.2, 0) is 4.74 Å². The van der Waals surface area contributed by atoms with Crippen LogP contribution in [0.1, 0.15) is 68.1 Å². The zero-order chi connectivity index (χ0) is 30.4. The first-order valence-electron chi connectivity index (χ1n) is 15.6. The highest BCUT2D eigenvalue weighted by atomic mass is 35.5. The summed E-state index contributed by atoms with van der Waals surface area (Å²) in [6.07, 6.45) is 10.6. The third-order valence-corrected chi connectivity index (χ3v) is 8.71. The number of ether oxygens (including phenoxy) is 1. The second-order valence-corrected chi connectivity index (χ2v) is 12.3. The lowest BCUT2D eigenvalue weighted by Gasteiger charge is -2.32. The molecule has 0 spiro atoms. The molecule has 0 radical (unpaired) electrons. The molecule has 1 aliphatic heterocycles. The Hall–Kier alpha value is -2.77. The molecular formula is C35H45Cl2N3O3. The molecule has 0 bridgehead atoms. The van der Waals surface area contributed by atoms with Gasteiger partial charge in [-0.25, -0.2) is 0 Å². The van der Waals surface area contributed by atoms with E-state index in [4.69, 9.17) is 27.9 Å². The number of nitrogens with zero attached hydrogens (tertiary/aromatic N) is 2. The number of halogens is 2. The van der Waals surface area contributed by atoms with Crippen LogP contribution >= 0.6 is 23.2 Å². The summed E-state index contributed by atoms with van der Waals surface area (Å²) in [7, 11) is 1.74. The number of nitrogens with one attached hydrogen (secondary N) is 1. The topological polar surface area (TPSA) is 65.0 Å². The molecule has 1 amide bonds. The quantitative estimate of drug-likeness (QED) is 0.123. The monoisotopic (exact) mass is 625 g/mol. The van der Waals surface area contributed by atoms with Crippen molar-refractivity contribution in [3.05, 3.63) is 82.3 Å². The number of anilines is 1. The van der Waals surface area contributed by atoms with Crippen LogP contribution in [-0.4, -0.2) is 66.9 Å². The van der Waals surface area contributed by atoms with E-state index in [-0.39, 0.29) is 22.2 Å². The van der Waals surface area contributed by atoms with Crippen LogP contribution in [0.3, 0.4) is 0 Å². The van der Waals surface area contributed by atoms with Gasteiger partial charge < -0.3 is 25.0 Å². The molecule has 232 valence electrons. The molecule has 0 atom stereocenters. The normalized spacial score (nSPS) is 14.1. The van der Waals surface area contributed by atoms with Gasteiger partial charge >= 0.3 is 0 Å². The van der Waals surface area contributed by atoms with Crippen molar-refractivity contribution in [1.82, 2.24) is 9.80 Å². The van der Waals surface area contributed by atoms with Gasteiger partial charge in [0, 0.05) is 43.0 Å². The van der Waals surface area contributed by atoms with E-state index in [9.17, 15) is 9.90 Å². The molecule has 3 aromatic rings. The van der Waals surface area contributed by atoms with Crippen LogP contribution < -0.4 is 5.32 Å². The van der Waals surface area contributed by atoms with E-state index in [1.165, 1.54) is 61.9 Å². The van der Waals surface area contributed by atoms with Crippen molar-refractivity contribution in [1.29, 1.82) is 0 Å². The third kappa shape index (κ3) is 10.4. The summed E-state index contributed by atoms with van der Waals surface area (Å²) in [4.78, 5) is 16.8. The Bertz CT molecular complexity index is 1280. The number of phenols is 1. The minimum atomic E-state index is -0.265. The number of likely N-dealkylation sites (tertiary alicyclic amines) is 1. The number of phenolic OH excluding ortho intramolecular Hbond substituents is 1. The zero-order valence-corrected chi connectivity index (χ0v) is 26.8. The fourth-order valence-corrected chi connectivity index (χ4v) is 6.14. The Morgan fingerprint density at radius 2 is 1.58 bits per heavy atom. The molecule has 43 heavy (non-hydrogen) atoms. The number of para-hydroxylation sites is 1. The van der Waals surface area contributed by atoms with E-state index < -0.39 is 0 Å². The Morgan fingerprint density at radius 3 is 2.33 bits per heavy atom. The number of hydrogen-bond donors (Lipinski definition) is 2. The lowest BCUT2D eigenvalue weighted by atomic mass is 10.0. The van der Waals surface area contributed by atoms with Crippen molar-refractivity contribution in [2.45, 2.75) is 63.9 Å². The lowest BCUT2D eigenvalue weighted by Crippen LogP contribution is -2.38. The fourth-order valence-electron chi connectivity index (χ4n) is 5.65. The molecule has 0 aromatic heterocycles. The van der Waals surface area contributed by atoms with E-state index in [0.717, 1.165) is 44.5 Å². The van der Waals surface area contributed by atoms with E-state index >= 15 is 0 Å². The van der Waals surface area contributed by atoms with Crippen molar-refractivity contribution >= 4 is 34.8 Å². The van der Waals surface area contributed by atoms with E-state index in [2.05, 4.69) is 58.7 Å². The standard InChI is InChI=1S/C35H45Cl2N3O3/c1-39(35(42)31-24-28(36)25-32(37)34(31)41)20-12-5-3-2-4-6-13-21-40-22-18-29(19-23-40)43-26-38-33-17-11-10-16-30(33)27-14-8-7-9-15-27/h7-11,14-17,24-25,29,38,41H,2-6,12-13,18-23,26H2,1H3. The minimum Gasteiger partial charge on any atom is -0.506 e. The second-order valence-electron chi connectivity index (χ2n) is 11.4. The SMILES string of the molecule is CN(CCCCCCCCCN1CCC(OCNc2ccccc2-c2ccccc2)CC1)C(=O)c1cc(Cl)cc(Cl)c1O. The van der Waals surface area contributed by atoms with Gasteiger partial charge in [0.05, 0.1) is 16.7 Å². The molecule has 0 aliphatic carbocycles. The van der Waals surface area contributed by atoms with Gasteiger partial charge in [0.2, 0.25) is 0 Å². The van der Waals surface area contributed by atoms with Gasteiger partial charge in [-0.1, -0.05) is 104 Å². The van der Waals surface area contributed by atoms with Crippen molar-refractivity contribution < 1.29 is 14.6 Å². The summed E-state index contributed by atoms with van der Waals surface area (Å²) in [6, 6.07) is 21.7. The molecule has 3 aromatic carbocycles. The molecular weight excluding hydrogens is 581 g/mol. The first-order chi connectivity index (χ1) is 20.9. The van der Waals surface area contributed by atoms with Crippen LogP contribution in [0.25, 0.3) is 11.1 Å². The molecule has 1 saturated heterocycles. The Morgan fingerprint density at radius 1 is 0.930 bits per heavy atom. The number of aromatic hydroxyl groups is 1. The van der Waals surface area contributed by atoms with Crippen LogP contribution in [0.2, 0.25) is 10.0 Å². The van der Waals surface area contributed by atoms with Crippen LogP contribution in [0, 0.1) is 0 Å². The molecule has 6 nitrogen and oxygen atoms in total. The predicted octanol–water partition coefficient (Wildman–Crippen LogP) is 8.72. The van der Waals surface area contributed by atoms with Gasteiger partial charge in [-0.3, -0.25) is 4.79 Å². The molecule has 0 unspecified atom stereocenters. The minimum absolute atomic E-state index is 0.0906. The largest absolute Gasteiger partial charge is 0.506 e. The summed E-state index contributed by atoms with van der Waals surface area (Å²) < 4.78 is 6.20. The molecule has 2 N–H and O–H groups in total. The Labute approximate surface area is 266 Å². The third-order valence-electron chi connectivity index (χ3n) is 8.20. The van der Waals surface area contributed by atoms with Gasteiger partial charge in [0.15, 0.2) is 0 Å². The molecule has 8 heteroatoms. The van der Waals surface area contributed by atoms with E-state index in [0.29, 0.717) is 24.4 Å². The van der Waals surface area contributed by atoms with Crippen molar-refractivity contribution in [3.63, 3.8) is 0 Å². The number of hydrogen-bond acceptors (Lipinski definition) is 5. The first-order valence-corrected chi connectivity index (χ1v) is 16.3. The van der Waals surface area contributed by atoms with Gasteiger partial charge in [0.25, 0.3) is 5.91 Å². The summed E-state index contributed by atoms with van der Waals surface area (Å²) in [6.45, 7) is 4.55. The number of rotatable bonds is 16. The average molecular weight is 627 g/mol. The van der Waals surface area contributed by atoms with Crippen LogP contribution in [0.15, 0.2) is 66.7 Å². The maximum Gasteiger partial charge on any atom is 0.257 e. The highest BCUT2D eigenvalue weighted by Crippen LogP contribution is 2.32. The maximum absolute atomic E-state index is 12.6. The average Bonchev–Trinajstić information content (AvgIpc) is 3.03. The highest BCUT2D eigenvalue weighted by molar-refractivity contribution is 6.36. The molecule has 4 rings (SSSR count). The summed E-state index contributed by atoms with van der Waals surface area (Å²) in [5.74, 6) is -0.478. The predicted molar refractivity (Wildman–Crippen MR) is 178 cm³/mol. The van der Waals surface area contributed by atoms with Gasteiger partial charge in [-0.15, -0.1) is 0 Å². The number of amides is 1. The van der Waals surface area contributed by atoms with Crippen molar-refractivity contribution in [2.75, 3.05) is 45.3 Å². The number of unbranched alkanes of at least 4 members (excludes halogenated alkanes) is 6. The molecule has 1 fully saturated rings. The summed E-state index contributed by atoms with van der Waals surface area (Å²) in [5.41, 5.74) is 3.66. The van der Waals surface area contributed by atoms with Crippen molar-refractivity contribution in [2.24, 2.45) is 0 Å². The lowest BCUT2D eigenvalue weighted by molar-refractivity contribution is 0.0165. The smallest absolute Gasteiger partial charge is 0.257 e. The highest BCUT2D eigenvalue weighted by Gasteiger charge is 2.20. The second kappa shape index (κ2) is 17.5. The van der Waals surface area contributed by atoms with E-state index in [1.807, 2.05) is 6.07 Å². The molecule has 1 aliphatic rings. The Kier molecular flexibility index (Phi) is 13.5. The number of benzene rings is 3. The van der Waals surface area contributed by atoms with Crippen molar-refractivity contribution in [3.8, 4) is 16.9 Å². The van der Waals surface area contributed by atoms with Gasteiger partial charge in [-0.2, -0.15) is 0 Å². The molecule has 1 heterocycles. The van der Waals surface area contributed by atoms with Crippen LogP contribution in [0.4, 0.5) is 5.69 Å². The van der Waals surface area contributed by atoms with Gasteiger partial charge in [-0.05, 0) is 56.0 Å². The first kappa shape index (κ1) is 33.1. The zero-order valence-electron chi connectivity index (χ0n) is 25.2. The van der Waals surface area contributed by atoms with Gasteiger partial charge in [0.1, 0.15) is 12.5 Å². The number of piperidine rings is 1. The summed E-state index contributed by atoms with van der Waals surface area (Å²) in [5, 5.41) is 14.0. The Balaban J connectivity index is 1.00. The fraction of sp³-hybridized carbons (Fsp3) is 0.457. The van der Waals surface area contributed by atoms with Crippen LogP contribution in [0.5, 0.6) is 5.75 Å².